The first-order valence-corrected chi connectivity index (χ1v) is 7.73. The molecule has 2 aromatic carbocycles. The first kappa shape index (κ1) is 17.1. The zero-order chi connectivity index (χ0) is 16.3. The van der Waals surface area contributed by atoms with Crippen LogP contribution in [-0.4, -0.2) is 16.8 Å². The third-order valence-corrected chi connectivity index (χ3v) is 4.14. The Kier molecular flexibility index (Phi) is 5.35. The van der Waals surface area contributed by atoms with E-state index >= 15 is 0 Å². The summed E-state index contributed by atoms with van der Waals surface area (Å²) < 4.78 is 0. The summed E-state index contributed by atoms with van der Waals surface area (Å²) in [5.41, 5.74) is 1.43. The zero-order valence-electron chi connectivity index (χ0n) is 12.5. The van der Waals surface area contributed by atoms with E-state index in [1.165, 1.54) is 0 Å². The Labute approximate surface area is 140 Å². The summed E-state index contributed by atoms with van der Waals surface area (Å²) in [6.07, 6.45) is -0.708. The molecule has 0 aliphatic rings. The van der Waals surface area contributed by atoms with Crippen molar-refractivity contribution in [2.24, 2.45) is 0 Å². The van der Waals surface area contributed by atoms with Gasteiger partial charge in [0.25, 0.3) is 0 Å². The molecule has 0 heterocycles. The highest BCUT2D eigenvalue weighted by Gasteiger charge is 2.16. The highest BCUT2D eigenvalue weighted by molar-refractivity contribution is 6.42. The van der Waals surface area contributed by atoms with E-state index in [1.54, 1.807) is 32.0 Å². The maximum atomic E-state index is 10.2. The number of anilines is 1. The van der Waals surface area contributed by atoms with Crippen molar-refractivity contribution in [1.29, 1.82) is 0 Å². The molecule has 2 aromatic rings. The standard InChI is InChI=1S/C17H19Cl2NO2/c1-17(2,22)12-4-3-5-13(9-12)20-10-16(21)11-6-7-14(18)15(19)8-11/h3-9,16,20-22H,10H2,1-2H3/t16-/m0/s1. The van der Waals surface area contributed by atoms with E-state index in [4.69, 9.17) is 23.2 Å². The van der Waals surface area contributed by atoms with Crippen molar-refractivity contribution < 1.29 is 10.2 Å². The number of aliphatic hydroxyl groups excluding tert-OH is 1. The number of hydrogen-bond donors (Lipinski definition) is 3. The second-order valence-corrected chi connectivity index (χ2v) is 6.52. The molecule has 0 aliphatic carbocycles. The molecular weight excluding hydrogens is 321 g/mol. The summed E-state index contributed by atoms with van der Waals surface area (Å²) in [6.45, 7) is 3.79. The molecule has 5 heteroatoms. The fourth-order valence-electron chi connectivity index (χ4n) is 2.06. The van der Waals surface area contributed by atoms with Crippen LogP contribution in [0, 0.1) is 0 Å². The van der Waals surface area contributed by atoms with Crippen LogP contribution in [0.3, 0.4) is 0 Å². The van der Waals surface area contributed by atoms with Crippen LogP contribution in [0.4, 0.5) is 5.69 Å². The minimum absolute atomic E-state index is 0.327. The fraction of sp³-hybridized carbons (Fsp3) is 0.294. The van der Waals surface area contributed by atoms with Crippen molar-refractivity contribution in [3.05, 3.63) is 63.6 Å². The maximum absolute atomic E-state index is 10.2. The van der Waals surface area contributed by atoms with Gasteiger partial charge in [0.1, 0.15) is 0 Å². The van der Waals surface area contributed by atoms with Crippen molar-refractivity contribution in [2.45, 2.75) is 25.6 Å². The van der Waals surface area contributed by atoms with Crippen molar-refractivity contribution in [1.82, 2.24) is 0 Å². The summed E-state index contributed by atoms with van der Waals surface area (Å²) >= 11 is 11.8. The number of benzene rings is 2. The Balaban J connectivity index is 2.04. The fourth-order valence-corrected chi connectivity index (χ4v) is 2.37. The predicted octanol–water partition coefficient (Wildman–Crippen LogP) is 4.37. The minimum atomic E-state index is -0.903. The smallest absolute Gasteiger partial charge is 0.0962 e. The Morgan fingerprint density at radius 3 is 2.45 bits per heavy atom. The van der Waals surface area contributed by atoms with E-state index in [0.29, 0.717) is 22.2 Å². The van der Waals surface area contributed by atoms with Gasteiger partial charge in [0.15, 0.2) is 0 Å². The molecule has 0 bridgehead atoms. The Hall–Kier alpha value is -1.26. The molecule has 3 N–H and O–H groups in total. The van der Waals surface area contributed by atoms with Gasteiger partial charge >= 0.3 is 0 Å². The Morgan fingerprint density at radius 1 is 1.09 bits per heavy atom. The molecular formula is C17H19Cl2NO2. The molecule has 0 spiro atoms. The topological polar surface area (TPSA) is 52.5 Å². The van der Waals surface area contributed by atoms with E-state index in [9.17, 15) is 10.2 Å². The van der Waals surface area contributed by atoms with Crippen LogP contribution in [0.5, 0.6) is 0 Å². The monoisotopic (exact) mass is 339 g/mol. The molecule has 0 saturated heterocycles. The van der Waals surface area contributed by atoms with Gasteiger partial charge in [0.05, 0.1) is 21.8 Å². The van der Waals surface area contributed by atoms with Crippen LogP contribution in [0.25, 0.3) is 0 Å². The highest BCUT2D eigenvalue weighted by atomic mass is 35.5. The SMILES string of the molecule is CC(C)(O)c1cccc(NC[C@H](O)c2ccc(Cl)c(Cl)c2)c1. The van der Waals surface area contributed by atoms with Crippen molar-refractivity contribution in [3.8, 4) is 0 Å². The molecule has 3 nitrogen and oxygen atoms in total. The quantitative estimate of drug-likeness (QED) is 0.758. The van der Waals surface area contributed by atoms with E-state index in [-0.39, 0.29) is 0 Å². The molecule has 0 radical (unpaired) electrons. The molecule has 0 saturated carbocycles. The normalized spacial score (nSPS) is 13.0. The van der Waals surface area contributed by atoms with Crippen LogP contribution in [0.1, 0.15) is 31.1 Å². The predicted molar refractivity (Wildman–Crippen MR) is 91.6 cm³/mol. The molecule has 118 valence electrons. The third-order valence-electron chi connectivity index (χ3n) is 3.40. The average Bonchev–Trinajstić information content (AvgIpc) is 2.47. The van der Waals surface area contributed by atoms with E-state index < -0.39 is 11.7 Å². The van der Waals surface area contributed by atoms with Crippen LogP contribution in [0.2, 0.25) is 10.0 Å². The Morgan fingerprint density at radius 2 is 1.82 bits per heavy atom. The van der Waals surface area contributed by atoms with Gasteiger partial charge < -0.3 is 15.5 Å². The summed E-state index contributed by atoms with van der Waals surface area (Å²) in [5, 5.41) is 24.3. The van der Waals surface area contributed by atoms with E-state index in [1.807, 2.05) is 24.3 Å². The van der Waals surface area contributed by atoms with Gasteiger partial charge in [-0.05, 0) is 49.2 Å². The second-order valence-electron chi connectivity index (χ2n) is 5.71. The van der Waals surface area contributed by atoms with Crippen molar-refractivity contribution in [3.63, 3.8) is 0 Å². The summed E-state index contributed by atoms with van der Waals surface area (Å²) in [5.74, 6) is 0. The van der Waals surface area contributed by atoms with Crippen LogP contribution in [0.15, 0.2) is 42.5 Å². The second kappa shape index (κ2) is 6.88. The number of nitrogens with one attached hydrogen (secondary N) is 1. The van der Waals surface area contributed by atoms with Crippen LogP contribution >= 0.6 is 23.2 Å². The molecule has 2 rings (SSSR count). The van der Waals surface area contributed by atoms with Gasteiger partial charge in [-0.25, -0.2) is 0 Å². The van der Waals surface area contributed by atoms with Gasteiger partial charge in [0.2, 0.25) is 0 Å². The minimum Gasteiger partial charge on any atom is -0.387 e. The average molecular weight is 340 g/mol. The van der Waals surface area contributed by atoms with Gasteiger partial charge in [-0.1, -0.05) is 41.4 Å². The highest BCUT2D eigenvalue weighted by Crippen LogP contribution is 2.26. The van der Waals surface area contributed by atoms with Crippen molar-refractivity contribution in [2.75, 3.05) is 11.9 Å². The van der Waals surface area contributed by atoms with Gasteiger partial charge in [-0.3, -0.25) is 0 Å². The van der Waals surface area contributed by atoms with Gasteiger partial charge in [-0.15, -0.1) is 0 Å². The molecule has 1 atom stereocenters. The number of rotatable bonds is 5. The lowest BCUT2D eigenvalue weighted by Crippen LogP contribution is -2.16. The largest absolute Gasteiger partial charge is 0.387 e. The molecule has 0 unspecified atom stereocenters. The number of hydrogen-bond acceptors (Lipinski definition) is 3. The summed E-state index contributed by atoms with van der Waals surface area (Å²) in [4.78, 5) is 0. The lowest BCUT2D eigenvalue weighted by molar-refractivity contribution is 0.0786. The molecule has 0 aromatic heterocycles. The zero-order valence-corrected chi connectivity index (χ0v) is 14.0. The lowest BCUT2D eigenvalue weighted by Gasteiger charge is -2.19. The molecule has 0 fully saturated rings. The van der Waals surface area contributed by atoms with Crippen LogP contribution in [-0.2, 0) is 5.60 Å². The molecule has 0 aliphatic heterocycles. The Bertz CT molecular complexity index is 653. The molecule has 22 heavy (non-hydrogen) atoms. The summed E-state index contributed by atoms with van der Waals surface area (Å²) in [6, 6.07) is 12.5. The van der Waals surface area contributed by atoms with Crippen LogP contribution < -0.4 is 5.32 Å². The lowest BCUT2D eigenvalue weighted by atomic mass is 9.98. The number of aliphatic hydroxyl groups is 2. The number of halogens is 2. The van der Waals surface area contributed by atoms with Gasteiger partial charge in [-0.2, -0.15) is 0 Å². The van der Waals surface area contributed by atoms with E-state index in [2.05, 4.69) is 5.32 Å². The van der Waals surface area contributed by atoms with Gasteiger partial charge in [0, 0.05) is 12.2 Å². The maximum Gasteiger partial charge on any atom is 0.0962 e. The summed E-state index contributed by atoms with van der Waals surface area (Å²) in [7, 11) is 0. The molecule has 0 amide bonds. The van der Waals surface area contributed by atoms with Crippen molar-refractivity contribution >= 4 is 28.9 Å². The first-order chi connectivity index (χ1) is 10.3. The third kappa shape index (κ3) is 4.37. The van der Waals surface area contributed by atoms with E-state index in [0.717, 1.165) is 11.3 Å². The first-order valence-electron chi connectivity index (χ1n) is 6.97.